The summed E-state index contributed by atoms with van der Waals surface area (Å²) >= 11 is 0. The van der Waals surface area contributed by atoms with E-state index < -0.39 is 0 Å². The predicted molar refractivity (Wildman–Crippen MR) is 54.4 cm³/mol. The van der Waals surface area contributed by atoms with Crippen molar-refractivity contribution < 1.29 is 9.84 Å². The van der Waals surface area contributed by atoms with E-state index in [0.717, 1.165) is 12.0 Å². The molecule has 1 aliphatic heterocycles. The number of benzene rings is 1. The lowest BCUT2D eigenvalue weighted by Crippen LogP contribution is -2.37. The molecular formula is C11H15NO2. The lowest BCUT2D eigenvalue weighted by Gasteiger charge is -2.36. The topological polar surface area (TPSA) is 55.5 Å². The van der Waals surface area contributed by atoms with Gasteiger partial charge >= 0.3 is 0 Å². The molecule has 0 spiro atoms. The van der Waals surface area contributed by atoms with Crippen LogP contribution in [0.5, 0.6) is 11.5 Å². The van der Waals surface area contributed by atoms with E-state index >= 15 is 0 Å². The van der Waals surface area contributed by atoms with Gasteiger partial charge < -0.3 is 15.6 Å². The van der Waals surface area contributed by atoms with E-state index in [1.165, 1.54) is 0 Å². The molecule has 1 heterocycles. The second-order valence-electron chi connectivity index (χ2n) is 4.37. The Morgan fingerprint density at radius 2 is 2.21 bits per heavy atom. The van der Waals surface area contributed by atoms with Crippen molar-refractivity contribution >= 4 is 0 Å². The van der Waals surface area contributed by atoms with E-state index in [2.05, 4.69) is 0 Å². The molecule has 2 rings (SSSR count). The van der Waals surface area contributed by atoms with Crippen LogP contribution < -0.4 is 10.5 Å². The molecule has 0 saturated carbocycles. The zero-order valence-corrected chi connectivity index (χ0v) is 8.45. The predicted octanol–water partition coefficient (Wildman–Crippen LogP) is 1.95. The Bertz CT molecular complexity index is 360. The van der Waals surface area contributed by atoms with Gasteiger partial charge in [-0.05, 0) is 19.9 Å². The number of ether oxygens (including phenoxy) is 1. The minimum Gasteiger partial charge on any atom is -0.504 e. The van der Waals surface area contributed by atoms with E-state index in [9.17, 15) is 5.11 Å². The van der Waals surface area contributed by atoms with Crippen molar-refractivity contribution in [1.29, 1.82) is 0 Å². The molecule has 0 amide bonds. The van der Waals surface area contributed by atoms with Crippen LogP contribution in [0.1, 0.15) is 31.9 Å². The van der Waals surface area contributed by atoms with Crippen molar-refractivity contribution in [3.05, 3.63) is 23.8 Å². The summed E-state index contributed by atoms with van der Waals surface area (Å²) in [6.07, 6.45) is 0.767. The standard InChI is InChI=1S/C11H15NO2/c1-11(2)6-8(12)7-4-3-5-9(13)10(7)14-11/h3-5,8,13H,6,12H2,1-2H3. The third kappa shape index (κ3) is 1.44. The molecule has 1 aliphatic rings. The molecule has 0 aromatic heterocycles. The number of hydrogen-bond acceptors (Lipinski definition) is 3. The highest BCUT2D eigenvalue weighted by Crippen LogP contribution is 2.42. The summed E-state index contributed by atoms with van der Waals surface area (Å²) in [7, 11) is 0. The van der Waals surface area contributed by atoms with Crippen LogP contribution in [-0.2, 0) is 0 Å². The molecule has 3 nitrogen and oxygen atoms in total. The highest BCUT2D eigenvalue weighted by molar-refractivity contribution is 5.48. The highest BCUT2D eigenvalue weighted by atomic mass is 16.5. The fourth-order valence-electron chi connectivity index (χ4n) is 1.90. The third-order valence-corrected chi connectivity index (χ3v) is 2.51. The minimum absolute atomic E-state index is 0.0548. The Hall–Kier alpha value is -1.22. The van der Waals surface area contributed by atoms with Crippen molar-refractivity contribution in [1.82, 2.24) is 0 Å². The number of fused-ring (bicyclic) bond motifs is 1. The maximum absolute atomic E-state index is 9.63. The summed E-state index contributed by atoms with van der Waals surface area (Å²) in [5.41, 5.74) is 6.59. The Balaban J connectivity index is 2.51. The summed E-state index contributed by atoms with van der Waals surface area (Å²) < 4.78 is 5.69. The van der Waals surface area contributed by atoms with E-state index in [1.807, 2.05) is 19.9 Å². The first kappa shape index (κ1) is 9.34. The van der Waals surface area contributed by atoms with Gasteiger partial charge in [-0.15, -0.1) is 0 Å². The van der Waals surface area contributed by atoms with Gasteiger partial charge in [0.15, 0.2) is 11.5 Å². The van der Waals surface area contributed by atoms with Gasteiger partial charge in [-0.25, -0.2) is 0 Å². The van der Waals surface area contributed by atoms with Gasteiger partial charge in [0.05, 0.1) is 0 Å². The van der Waals surface area contributed by atoms with Gasteiger partial charge in [0.1, 0.15) is 5.60 Å². The summed E-state index contributed by atoms with van der Waals surface area (Å²) in [4.78, 5) is 0. The molecule has 0 fully saturated rings. The number of aromatic hydroxyl groups is 1. The lowest BCUT2D eigenvalue weighted by atomic mass is 9.90. The number of nitrogens with two attached hydrogens (primary N) is 1. The number of rotatable bonds is 0. The van der Waals surface area contributed by atoms with Crippen molar-refractivity contribution in [3.63, 3.8) is 0 Å². The molecule has 0 aliphatic carbocycles. The second kappa shape index (κ2) is 2.89. The first-order valence-corrected chi connectivity index (χ1v) is 4.76. The second-order valence-corrected chi connectivity index (χ2v) is 4.37. The van der Waals surface area contributed by atoms with E-state index in [4.69, 9.17) is 10.5 Å². The molecule has 1 aromatic rings. The van der Waals surface area contributed by atoms with Crippen LogP contribution in [0.3, 0.4) is 0 Å². The zero-order valence-electron chi connectivity index (χ0n) is 8.45. The van der Waals surface area contributed by atoms with Crippen LogP contribution in [0.25, 0.3) is 0 Å². The van der Waals surface area contributed by atoms with Gasteiger partial charge in [-0.2, -0.15) is 0 Å². The first-order valence-electron chi connectivity index (χ1n) is 4.76. The Morgan fingerprint density at radius 1 is 1.50 bits per heavy atom. The molecule has 14 heavy (non-hydrogen) atoms. The molecule has 76 valence electrons. The average molecular weight is 193 g/mol. The molecule has 0 saturated heterocycles. The number of para-hydroxylation sites is 1. The lowest BCUT2D eigenvalue weighted by molar-refractivity contribution is 0.0690. The Morgan fingerprint density at radius 3 is 2.93 bits per heavy atom. The van der Waals surface area contributed by atoms with Crippen LogP contribution in [0.4, 0.5) is 0 Å². The number of phenols is 1. The van der Waals surface area contributed by atoms with Crippen LogP contribution in [0.2, 0.25) is 0 Å². The van der Waals surface area contributed by atoms with Gasteiger partial charge in [-0.3, -0.25) is 0 Å². The maximum atomic E-state index is 9.63. The Labute approximate surface area is 83.5 Å². The van der Waals surface area contributed by atoms with E-state index in [-0.39, 0.29) is 17.4 Å². The molecule has 1 unspecified atom stereocenters. The molecule has 3 heteroatoms. The van der Waals surface area contributed by atoms with Crippen molar-refractivity contribution in [2.45, 2.75) is 31.9 Å². The van der Waals surface area contributed by atoms with Crippen molar-refractivity contribution in [2.75, 3.05) is 0 Å². The van der Waals surface area contributed by atoms with Crippen molar-refractivity contribution in [3.8, 4) is 11.5 Å². The number of hydrogen-bond donors (Lipinski definition) is 2. The van der Waals surface area contributed by atoms with Crippen LogP contribution >= 0.6 is 0 Å². The summed E-state index contributed by atoms with van der Waals surface area (Å²) in [6.45, 7) is 3.95. The van der Waals surface area contributed by atoms with Crippen molar-refractivity contribution in [2.24, 2.45) is 5.73 Å². The van der Waals surface area contributed by atoms with Crippen LogP contribution in [0, 0.1) is 0 Å². The maximum Gasteiger partial charge on any atom is 0.166 e. The summed E-state index contributed by atoms with van der Waals surface area (Å²) in [6, 6.07) is 5.25. The molecule has 1 aromatic carbocycles. The summed E-state index contributed by atoms with van der Waals surface area (Å²) in [5, 5.41) is 9.63. The molecule has 0 radical (unpaired) electrons. The smallest absolute Gasteiger partial charge is 0.166 e. The van der Waals surface area contributed by atoms with Crippen LogP contribution in [0.15, 0.2) is 18.2 Å². The van der Waals surface area contributed by atoms with E-state index in [0.29, 0.717) is 5.75 Å². The SMILES string of the molecule is CC1(C)CC(N)c2cccc(O)c2O1. The first-order chi connectivity index (χ1) is 6.49. The Kier molecular flexibility index (Phi) is 1.93. The fourth-order valence-corrected chi connectivity index (χ4v) is 1.90. The summed E-state index contributed by atoms with van der Waals surface area (Å²) in [5.74, 6) is 0.710. The minimum atomic E-state index is -0.300. The van der Waals surface area contributed by atoms with Gasteiger partial charge in [0, 0.05) is 18.0 Å². The van der Waals surface area contributed by atoms with Gasteiger partial charge in [-0.1, -0.05) is 12.1 Å². The molecular weight excluding hydrogens is 178 g/mol. The average Bonchev–Trinajstić information content (AvgIpc) is 2.05. The zero-order chi connectivity index (χ0) is 10.3. The largest absolute Gasteiger partial charge is 0.504 e. The molecule has 3 N–H and O–H groups in total. The fraction of sp³-hybridized carbons (Fsp3) is 0.455. The van der Waals surface area contributed by atoms with Crippen LogP contribution in [-0.4, -0.2) is 10.7 Å². The highest BCUT2D eigenvalue weighted by Gasteiger charge is 2.33. The van der Waals surface area contributed by atoms with Gasteiger partial charge in [0.25, 0.3) is 0 Å². The molecule has 0 bridgehead atoms. The molecule has 1 atom stereocenters. The normalized spacial score (nSPS) is 23.8. The number of phenolic OH excluding ortho intramolecular Hbond substituents is 1. The van der Waals surface area contributed by atoms with E-state index in [1.54, 1.807) is 12.1 Å². The quantitative estimate of drug-likeness (QED) is 0.662. The monoisotopic (exact) mass is 193 g/mol. The van der Waals surface area contributed by atoms with Gasteiger partial charge in [0.2, 0.25) is 0 Å². The third-order valence-electron chi connectivity index (χ3n) is 2.51.